The molecule has 0 saturated heterocycles. The zero-order valence-corrected chi connectivity index (χ0v) is 13.8. The average molecular weight is 316 g/mol. The lowest BCUT2D eigenvalue weighted by molar-refractivity contribution is 0.288. The first-order chi connectivity index (χ1) is 9.29. The van der Waals surface area contributed by atoms with E-state index in [2.05, 4.69) is 19.2 Å². The van der Waals surface area contributed by atoms with Crippen molar-refractivity contribution in [3.8, 4) is 0 Å². The van der Waals surface area contributed by atoms with E-state index in [-0.39, 0.29) is 16.7 Å². The molecule has 1 saturated carbocycles. The highest BCUT2D eigenvalue weighted by Crippen LogP contribution is 2.42. The number of halogens is 1. The summed E-state index contributed by atoms with van der Waals surface area (Å²) >= 11 is 5.93. The van der Waals surface area contributed by atoms with Gasteiger partial charge in [0, 0.05) is 11.1 Å². The van der Waals surface area contributed by atoms with Gasteiger partial charge in [0.25, 0.3) is 0 Å². The minimum Gasteiger partial charge on any atom is -0.312 e. The summed E-state index contributed by atoms with van der Waals surface area (Å²) in [4.78, 5) is 0.329. The Morgan fingerprint density at radius 2 is 2.10 bits per heavy atom. The highest BCUT2D eigenvalue weighted by Gasteiger charge is 2.47. The van der Waals surface area contributed by atoms with Crippen molar-refractivity contribution in [3.05, 3.63) is 29.3 Å². The first-order valence-corrected chi connectivity index (χ1v) is 8.94. The normalized spacial score (nSPS) is 25.8. The van der Waals surface area contributed by atoms with Crippen LogP contribution in [0, 0.1) is 5.41 Å². The minimum absolute atomic E-state index is 0.00762. The molecule has 1 aliphatic carbocycles. The van der Waals surface area contributed by atoms with Crippen molar-refractivity contribution in [3.63, 3.8) is 0 Å². The van der Waals surface area contributed by atoms with Crippen LogP contribution in [0.5, 0.6) is 0 Å². The Morgan fingerprint density at radius 3 is 2.70 bits per heavy atom. The average Bonchev–Trinajstić information content (AvgIpc) is 2.66. The van der Waals surface area contributed by atoms with Crippen LogP contribution >= 0.6 is 11.6 Å². The van der Waals surface area contributed by atoms with Crippen molar-refractivity contribution < 1.29 is 8.42 Å². The summed E-state index contributed by atoms with van der Waals surface area (Å²) in [7, 11) is -3.35. The van der Waals surface area contributed by atoms with Gasteiger partial charge in [0.1, 0.15) is 0 Å². The van der Waals surface area contributed by atoms with Crippen LogP contribution in [0.15, 0.2) is 29.2 Å². The summed E-state index contributed by atoms with van der Waals surface area (Å²) in [6.45, 7) is 7.05. The van der Waals surface area contributed by atoms with Crippen LogP contribution in [0.1, 0.15) is 33.6 Å². The standard InChI is InChI=1S/C15H22ClNO2S/c1-4-17-14-13(8-9-15(14,2)3)20(18,19)12-7-5-6-11(16)10-12/h5-7,10,13-14,17H,4,8-9H2,1-3H3. The molecular formula is C15H22ClNO2S. The number of sulfone groups is 1. The zero-order chi connectivity index (χ0) is 15.0. The number of hydrogen-bond donors (Lipinski definition) is 1. The fourth-order valence-electron chi connectivity index (χ4n) is 3.12. The summed E-state index contributed by atoms with van der Waals surface area (Å²) < 4.78 is 25.7. The zero-order valence-electron chi connectivity index (χ0n) is 12.2. The lowest BCUT2D eigenvalue weighted by Gasteiger charge is -2.31. The molecule has 2 atom stereocenters. The minimum atomic E-state index is -3.35. The summed E-state index contributed by atoms with van der Waals surface area (Å²) in [6, 6.07) is 6.55. The van der Waals surface area contributed by atoms with Crippen LogP contribution in [0.25, 0.3) is 0 Å². The van der Waals surface area contributed by atoms with E-state index in [0.717, 1.165) is 13.0 Å². The van der Waals surface area contributed by atoms with Crippen molar-refractivity contribution in [2.75, 3.05) is 6.54 Å². The van der Waals surface area contributed by atoms with Crippen LogP contribution in [0.2, 0.25) is 5.02 Å². The number of benzene rings is 1. The Kier molecular flexibility index (Phi) is 4.47. The smallest absolute Gasteiger partial charge is 0.182 e. The Balaban J connectivity index is 2.39. The number of nitrogens with one attached hydrogen (secondary N) is 1. The van der Waals surface area contributed by atoms with Crippen molar-refractivity contribution in [2.24, 2.45) is 5.41 Å². The molecule has 0 amide bonds. The first kappa shape index (κ1) is 15.8. The van der Waals surface area contributed by atoms with Gasteiger partial charge in [0.05, 0.1) is 10.1 Å². The molecule has 5 heteroatoms. The number of hydrogen-bond acceptors (Lipinski definition) is 3. The molecule has 0 bridgehead atoms. The molecule has 0 aromatic heterocycles. The Labute approximate surface area is 126 Å². The summed E-state index contributed by atoms with van der Waals surface area (Å²) in [5.41, 5.74) is -0.00762. The van der Waals surface area contributed by atoms with Gasteiger partial charge in [-0.25, -0.2) is 8.42 Å². The second-order valence-corrected chi connectivity index (χ2v) is 8.71. The molecular weight excluding hydrogens is 294 g/mol. The fourth-order valence-corrected chi connectivity index (χ4v) is 5.54. The number of rotatable bonds is 4. The molecule has 1 fully saturated rings. The van der Waals surface area contributed by atoms with Crippen LogP contribution in [0.3, 0.4) is 0 Å². The molecule has 0 aliphatic heterocycles. The van der Waals surface area contributed by atoms with Gasteiger partial charge in [0.15, 0.2) is 9.84 Å². The summed E-state index contributed by atoms with van der Waals surface area (Å²) in [5.74, 6) is 0. The van der Waals surface area contributed by atoms with E-state index in [1.165, 1.54) is 0 Å². The molecule has 1 N–H and O–H groups in total. The van der Waals surface area contributed by atoms with Gasteiger partial charge in [-0.2, -0.15) is 0 Å². The summed E-state index contributed by atoms with van der Waals surface area (Å²) in [5, 5.41) is 3.45. The van der Waals surface area contributed by atoms with Gasteiger partial charge in [0.2, 0.25) is 0 Å². The van der Waals surface area contributed by atoms with Crippen molar-refractivity contribution in [1.82, 2.24) is 5.32 Å². The van der Waals surface area contributed by atoms with Crippen molar-refractivity contribution in [1.29, 1.82) is 0 Å². The van der Waals surface area contributed by atoms with Gasteiger partial charge in [-0.1, -0.05) is 38.4 Å². The maximum absolute atomic E-state index is 12.9. The molecule has 2 unspecified atom stereocenters. The van der Waals surface area contributed by atoms with Crippen LogP contribution in [-0.2, 0) is 9.84 Å². The third-order valence-corrected chi connectivity index (χ3v) is 6.69. The van der Waals surface area contributed by atoms with E-state index in [9.17, 15) is 8.42 Å². The van der Waals surface area contributed by atoms with Crippen molar-refractivity contribution in [2.45, 2.75) is 49.8 Å². The lowest BCUT2D eigenvalue weighted by Crippen LogP contribution is -2.47. The van der Waals surface area contributed by atoms with E-state index < -0.39 is 9.84 Å². The fraction of sp³-hybridized carbons (Fsp3) is 0.600. The molecule has 112 valence electrons. The van der Waals surface area contributed by atoms with Gasteiger partial charge in [-0.15, -0.1) is 0 Å². The predicted molar refractivity (Wildman–Crippen MR) is 82.9 cm³/mol. The van der Waals surface area contributed by atoms with Gasteiger partial charge >= 0.3 is 0 Å². The monoisotopic (exact) mass is 315 g/mol. The molecule has 0 radical (unpaired) electrons. The van der Waals surface area contributed by atoms with Gasteiger partial charge in [-0.3, -0.25) is 0 Å². The Hall–Kier alpha value is -0.580. The van der Waals surface area contributed by atoms with Crippen molar-refractivity contribution >= 4 is 21.4 Å². The highest BCUT2D eigenvalue weighted by atomic mass is 35.5. The molecule has 0 spiro atoms. The molecule has 1 aromatic carbocycles. The molecule has 1 aliphatic rings. The first-order valence-electron chi connectivity index (χ1n) is 7.02. The predicted octanol–water partition coefficient (Wildman–Crippen LogP) is 3.28. The largest absolute Gasteiger partial charge is 0.312 e. The van der Waals surface area contributed by atoms with Crippen LogP contribution in [0.4, 0.5) is 0 Å². The molecule has 1 aromatic rings. The maximum Gasteiger partial charge on any atom is 0.182 e. The molecule has 2 rings (SSSR count). The second kappa shape index (κ2) is 5.66. The molecule has 20 heavy (non-hydrogen) atoms. The van der Waals surface area contributed by atoms with Crippen LogP contribution in [-0.4, -0.2) is 26.3 Å². The van der Waals surface area contributed by atoms with Gasteiger partial charge in [-0.05, 0) is 43.0 Å². The quantitative estimate of drug-likeness (QED) is 0.927. The highest BCUT2D eigenvalue weighted by molar-refractivity contribution is 7.92. The van der Waals surface area contributed by atoms with Crippen LogP contribution < -0.4 is 5.32 Å². The van der Waals surface area contributed by atoms with E-state index in [0.29, 0.717) is 16.3 Å². The van der Waals surface area contributed by atoms with E-state index in [1.54, 1.807) is 24.3 Å². The molecule has 0 heterocycles. The maximum atomic E-state index is 12.9. The summed E-state index contributed by atoms with van der Waals surface area (Å²) in [6.07, 6.45) is 1.61. The van der Waals surface area contributed by atoms with E-state index in [4.69, 9.17) is 11.6 Å². The second-order valence-electron chi connectivity index (χ2n) is 6.10. The molecule has 3 nitrogen and oxygen atoms in total. The lowest BCUT2D eigenvalue weighted by atomic mass is 9.87. The van der Waals surface area contributed by atoms with Gasteiger partial charge < -0.3 is 5.32 Å². The SMILES string of the molecule is CCNC1C(S(=O)(=O)c2cccc(Cl)c2)CCC1(C)C. The van der Waals surface area contributed by atoms with E-state index in [1.807, 2.05) is 6.92 Å². The topological polar surface area (TPSA) is 46.2 Å². The third kappa shape index (κ3) is 2.87. The Bertz CT molecular complexity index is 583. The third-order valence-electron chi connectivity index (χ3n) is 4.23. The Morgan fingerprint density at radius 1 is 1.40 bits per heavy atom. The van der Waals surface area contributed by atoms with E-state index >= 15 is 0 Å².